The molecule has 0 spiro atoms. The first-order chi connectivity index (χ1) is 8.95. The van der Waals surface area contributed by atoms with Gasteiger partial charge in [-0.1, -0.05) is 24.6 Å². The van der Waals surface area contributed by atoms with Gasteiger partial charge in [0.05, 0.1) is 5.92 Å². The van der Waals surface area contributed by atoms with Crippen molar-refractivity contribution in [2.75, 3.05) is 13.1 Å². The fraction of sp³-hybridized carbons (Fsp3) is 0.533. The minimum atomic E-state index is -0.749. The summed E-state index contributed by atoms with van der Waals surface area (Å²) in [4.78, 5) is 13.2. The highest BCUT2D eigenvalue weighted by Crippen LogP contribution is 2.24. The second kappa shape index (κ2) is 5.70. The van der Waals surface area contributed by atoms with E-state index in [1.165, 1.54) is 6.07 Å². The molecule has 2 atom stereocenters. The van der Waals surface area contributed by atoms with Gasteiger partial charge in [0.15, 0.2) is 0 Å². The lowest BCUT2D eigenvalue weighted by molar-refractivity contribution is -0.144. The fourth-order valence-electron chi connectivity index (χ4n) is 2.84. The van der Waals surface area contributed by atoms with Crippen molar-refractivity contribution >= 4 is 5.97 Å². The minimum Gasteiger partial charge on any atom is -0.481 e. The van der Waals surface area contributed by atoms with Crippen LogP contribution in [0.4, 0.5) is 4.39 Å². The van der Waals surface area contributed by atoms with E-state index in [-0.39, 0.29) is 11.7 Å². The molecule has 4 heteroatoms. The standard InChI is InChI=1S/C15H20FNO2/c1-10-3-4-14(16)12(5-10)8-17-7-11(2)6-13(9-17)15(18)19/h3-5,11,13H,6-9H2,1-2H3,(H,18,19). The van der Waals surface area contributed by atoms with E-state index in [1.54, 1.807) is 6.07 Å². The molecule has 0 radical (unpaired) electrons. The van der Waals surface area contributed by atoms with Crippen LogP contribution in [-0.4, -0.2) is 29.1 Å². The Balaban J connectivity index is 2.09. The summed E-state index contributed by atoms with van der Waals surface area (Å²) in [5, 5.41) is 9.14. The minimum absolute atomic E-state index is 0.212. The largest absolute Gasteiger partial charge is 0.481 e. The Kier molecular flexibility index (Phi) is 4.20. The maximum atomic E-state index is 13.7. The molecule has 1 heterocycles. The average molecular weight is 265 g/mol. The number of carboxylic acid groups (broad SMARTS) is 1. The molecule has 1 saturated heterocycles. The summed E-state index contributed by atoms with van der Waals surface area (Å²) in [7, 11) is 0. The van der Waals surface area contributed by atoms with Crippen molar-refractivity contribution in [2.45, 2.75) is 26.8 Å². The summed E-state index contributed by atoms with van der Waals surface area (Å²) in [6.45, 7) is 5.81. The Labute approximate surface area is 113 Å². The van der Waals surface area contributed by atoms with Crippen molar-refractivity contribution in [3.63, 3.8) is 0 Å². The molecule has 0 bridgehead atoms. The first kappa shape index (κ1) is 14.0. The molecule has 2 rings (SSSR count). The van der Waals surface area contributed by atoms with E-state index in [9.17, 15) is 9.18 Å². The van der Waals surface area contributed by atoms with Gasteiger partial charge in [0.25, 0.3) is 0 Å². The lowest BCUT2D eigenvalue weighted by Gasteiger charge is -2.34. The summed E-state index contributed by atoms with van der Waals surface area (Å²) < 4.78 is 13.7. The van der Waals surface area contributed by atoms with E-state index in [2.05, 4.69) is 6.92 Å². The van der Waals surface area contributed by atoms with Crippen LogP contribution in [0.15, 0.2) is 18.2 Å². The Bertz CT molecular complexity index is 475. The van der Waals surface area contributed by atoms with Crippen LogP contribution in [0.25, 0.3) is 0 Å². The van der Waals surface area contributed by atoms with E-state index in [4.69, 9.17) is 5.11 Å². The SMILES string of the molecule is Cc1ccc(F)c(CN2CC(C)CC(C(=O)O)C2)c1. The number of hydrogen-bond donors (Lipinski definition) is 1. The highest BCUT2D eigenvalue weighted by atomic mass is 19.1. The van der Waals surface area contributed by atoms with Crippen LogP contribution in [0.3, 0.4) is 0 Å². The second-order valence-electron chi connectivity index (χ2n) is 5.66. The number of hydrogen-bond acceptors (Lipinski definition) is 2. The number of nitrogens with zero attached hydrogens (tertiary/aromatic N) is 1. The van der Waals surface area contributed by atoms with Crippen LogP contribution in [-0.2, 0) is 11.3 Å². The van der Waals surface area contributed by atoms with E-state index in [1.807, 2.05) is 17.9 Å². The third kappa shape index (κ3) is 3.53. The third-order valence-electron chi connectivity index (χ3n) is 3.68. The maximum Gasteiger partial charge on any atom is 0.307 e. The molecule has 19 heavy (non-hydrogen) atoms. The second-order valence-corrected chi connectivity index (χ2v) is 5.66. The molecule has 1 fully saturated rings. The van der Waals surface area contributed by atoms with Crippen molar-refractivity contribution in [1.29, 1.82) is 0 Å². The van der Waals surface area contributed by atoms with Gasteiger partial charge < -0.3 is 5.11 Å². The first-order valence-electron chi connectivity index (χ1n) is 6.66. The predicted molar refractivity (Wildman–Crippen MR) is 71.3 cm³/mol. The van der Waals surface area contributed by atoms with Gasteiger partial charge in [0, 0.05) is 25.2 Å². The van der Waals surface area contributed by atoms with Gasteiger partial charge in [-0.2, -0.15) is 0 Å². The monoisotopic (exact) mass is 265 g/mol. The van der Waals surface area contributed by atoms with Gasteiger partial charge in [0.2, 0.25) is 0 Å². The van der Waals surface area contributed by atoms with Gasteiger partial charge in [-0.05, 0) is 25.3 Å². The molecule has 0 amide bonds. The Morgan fingerprint density at radius 1 is 1.47 bits per heavy atom. The molecule has 3 nitrogen and oxygen atoms in total. The molecule has 1 aliphatic rings. The normalized spacial score (nSPS) is 24.4. The first-order valence-corrected chi connectivity index (χ1v) is 6.66. The summed E-state index contributed by atoms with van der Waals surface area (Å²) in [6, 6.07) is 5.06. The van der Waals surface area contributed by atoms with Gasteiger partial charge in [-0.3, -0.25) is 9.69 Å². The highest BCUT2D eigenvalue weighted by Gasteiger charge is 2.29. The highest BCUT2D eigenvalue weighted by molar-refractivity contribution is 5.70. The van der Waals surface area contributed by atoms with Crippen molar-refractivity contribution in [1.82, 2.24) is 4.90 Å². The summed E-state index contributed by atoms with van der Waals surface area (Å²) in [5.41, 5.74) is 1.68. The Morgan fingerprint density at radius 3 is 2.89 bits per heavy atom. The topological polar surface area (TPSA) is 40.5 Å². The van der Waals surface area contributed by atoms with Crippen LogP contribution in [0.5, 0.6) is 0 Å². The molecule has 0 aliphatic carbocycles. The van der Waals surface area contributed by atoms with Gasteiger partial charge >= 0.3 is 5.97 Å². The smallest absolute Gasteiger partial charge is 0.307 e. The number of piperidine rings is 1. The van der Waals surface area contributed by atoms with Crippen LogP contribution >= 0.6 is 0 Å². The molecule has 1 aliphatic heterocycles. The zero-order valence-electron chi connectivity index (χ0n) is 11.4. The summed E-state index contributed by atoms with van der Waals surface area (Å²) in [5.74, 6) is -0.962. The fourth-order valence-corrected chi connectivity index (χ4v) is 2.84. The van der Waals surface area contributed by atoms with Crippen LogP contribution in [0.1, 0.15) is 24.5 Å². The maximum absolute atomic E-state index is 13.7. The van der Waals surface area contributed by atoms with Crippen molar-refractivity contribution in [2.24, 2.45) is 11.8 Å². The van der Waals surface area contributed by atoms with Crippen molar-refractivity contribution in [3.8, 4) is 0 Å². The molecular formula is C15H20FNO2. The van der Waals surface area contributed by atoms with E-state index >= 15 is 0 Å². The number of aryl methyl sites for hydroxylation is 1. The molecule has 0 saturated carbocycles. The van der Waals surface area contributed by atoms with Crippen molar-refractivity contribution < 1.29 is 14.3 Å². The number of carbonyl (C=O) groups is 1. The Morgan fingerprint density at radius 2 is 2.21 bits per heavy atom. The summed E-state index contributed by atoms with van der Waals surface area (Å²) in [6.07, 6.45) is 0.710. The lowest BCUT2D eigenvalue weighted by Crippen LogP contribution is -2.42. The van der Waals surface area contributed by atoms with E-state index in [0.717, 1.165) is 12.1 Å². The molecular weight excluding hydrogens is 245 g/mol. The third-order valence-corrected chi connectivity index (χ3v) is 3.68. The van der Waals surface area contributed by atoms with Gasteiger partial charge in [0.1, 0.15) is 5.82 Å². The number of benzene rings is 1. The number of likely N-dealkylation sites (tertiary alicyclic amines) is 1. The zero-order chi connectivity index (χ0) is 14.0. The predicted octanol–water partition coefficient (Wildman–Crippen LogP) is 2.68. The molecule has 2 unspecified atom stereocenters. The van der Waals surface area contributed by atoms with Gasteiger partial charge in [-0.15, -0.1) is 0 Å². The molecule has 104 valence electrons. The molecule has 0 aromatic heterocycles. The van der Waals surface area contributed by atoms with Gasteiger partial charge in [-0.25, -0.2) is 4.39 Å². The molecule has 1 aromatic carbocycles. The Hall–Kier alpha value is -1.42. The number of halogens is 1. The molecule has 1 aromatic rings. The zero-order valence-corrected chi connectivity index (χ0v) is 11.4. The summed E-state index contributed by atoms with van der Waals surface area (Å²) >= 11 is 0. The van der Waals surface area contributed by atoms with E-state index in [0.29, 0.717) is 31.0 Å². The average Bonchev–Trinajstić information content (AvgIpc) is 2.33. The van der Waals surface area contributed by atoms with Crippen LogP contribution < -0.4 is 0 Å². The van der Waals surface area contributed by atoms with E-state index < -0.39 is 5.97 Å². The van der Waals surface area contributed by atoms with Crippen molar-refractivity contribution in [3.05, 3.63) is 35.1 Å². The van der Waals surface area contributed by atoms with Crippen LogP contribution in [0, 0.1) is 24.6 Å². The number of aliphatic carboxylic acids is 1. The quantitative estimate of drug-likeness (QED) is 0.913. The number of rotatable bonds is 3. The molecule has 1 N–H and O–H groups in total. The van der Waals surface area contributed by atoms with Crippen LogP contribution in [0.2, 0.25) is 0 Å². The lowest BCUT2D eigenvalue weighted by atomic mass is 9.90. The number of carboxylic acids is 1.